The van der Waals surface area contributed by atoms with Gasteiger partial charge < -0.3 is 20.9 Å². The molecule has 6 heteroatoms. The molecular weight excluding hydrogens is 208 g/mol. The van der Waals surface area contributed by atoms with Crippen molar-refractivity contribution in [3.8, 4) is 5.88 Å². The number of nitrogens with one attached hydrogen (secondary N) is 1. The van der Waals surface area contributed by atoms with Crippen molar-refractivity contribution in [1.29, 1.82) is 0 Å². The molecule has 0 unspecified atom stereocenters. The van der Waals surface area contributed by atoms with Crippen molar-refractivity contribution in [2.75, 3.05) is 24.8 Å². The number of methoxy groups -OCH3 is 1. The van der Waals surface area contributed by atoms with E-state index in [2.05, 4.69) is 15.3 Å². The summed E-state index contributed by atoms with van der Waals surface area (Å²) in [5.74, 6) is 0.864. The third-order valence-corrected chi connectivity index (χ3v) is 2.23. The van der Waals surface area contributed by atoms with E-state index in [1.54, 1.807) is 0 Å². The van der Waals surface area contributed by atoms with Crippen LogP contribution in [0.4, 0.5) is 11.5 Å². The Morgan fingerprint density at radius 1 is 1.50 bits per heavy atom. The highest BCUT2D eigenvalue weighted by molar-refractivity contribution is 5.67. The Kier molecular flexibility index (Phi) is 3.89. The monoisotopic (exact) mass is 226 g/mol. The van der Waals surface area contributed by atoms with Crippen LogP contribution in [0.5, 0.6) is 5.88 Å². The summed E-state index contributed by atoms with van der Waals surface area (Å²) in [5, 5.41) is 12.1. The van der Waals surface area contributed by atoms with Crippen molar-refractivity contribution < 1.29 is 9.84 Å². The fraction of sp³-hybridized carbons (Fsp3) is 0.600. The van der Waals surface area contributed by atoms with Crippen LogP contribution < -0.4 is 15.8 Å². The van der Waals surface area contributed by atoms with Gasteiger partial charge in [0, 0.05) is 12.1 Å². The van der Waals surface area contributed by atoms with E-state index in [-0.39, 0.29) is 12.1 Å². The molecular formula is C10H18N4O2. The number of aliphatic hydroxyl groups excluding tert-OH is 1. The Bertz CT molecular complexity index is 355. The first kappa shape index (κ1) is 12.5. The van der Waals surface area contributed by atoms with Gasteiger partial charge in [-0.1, -0.05) is 0 Å². The minimum atomic E-state index is -0.289. The van der Waals surface area contributed by atoms with Crippen molar-refractivity contribution in [2.45, 2.75) is 25.8 Å². The molecule has 16 heavy (non-hydrogen) atoms. The molecule has 0 atom stereocenters. The lowest BCUT2D eigenvalue weighted by Gasteiger charge is -2.26. The summed E-state index contributed by atoms with van der Waals surface area (Å²) in [6.07, 6.45) is 1.98. The summed E-state index contributed by atoms with van der Waals surface area (Å²) in [7, 11) is 1.50. The predicted molar refractivity (Wildman–Crippen MR) is 62.4 cm³/mol. The van der Waals surface area contributed by atoms with Gasteiger partial charge in [-0.05, 0) is 20.3 Å². The van der Waals surface area contributed by atoms with Crippen molar-refractivity contribution >= 4 is 11.5 Å². The van der Waals surface area contributed by atoms with E-state index in [9.17, 15) is 0 Å². The highest BCUT2D eigenvalue weighted by Gasteiger charge is 2.19. The molecule has 0 amide bonds. The molecule has 1 aromatic rings. The fourth-order valence-electron chi connectivity index (χ4n) is 1.30. The number of aromatic nitrogens is 2. The standard InChI is InChI=1S/C10H18N4O2/c1-10(2,4-5-15)14-8-7(11)9(16-3)13-6-12-8/h6,15H,4-5,11H2,1-3H3,(H,12,13,14). The third-order valence-electron chi connectivity index (χ3n) is 2.23. The quantitative estimate of drug-likeness (QED) is 0.682. The van der Waals surface area contributed by atoms with E-state index in [1.165, 1.54) is 13.4 Å². The van der Waals surface area contributed by atoms with Crippen molar-refractivity contribution in [3.63, 3.8) is 0 Å². The van der Waals surface area contributed by atoms with Crippen molar-refractivity contribution in [1.82, 2.24) is 9.97 Å². The smallest absolute Gasteiger partial charge is 0.242 e. The summed E-state index contributed by atoms with van der Waals surface area (Å²) in [4.78, 5) is 7.93. The van der Waals surface area contributed by atoms with E-state index < -0.39 is 0 Å². The van der Waals surface area contributed by atoms with Gasteiger partial charge >= 0.3 is 0 Å². The van der Waals surface area contributed by atoms with Gasteiger partial charge in [-0.15, -0.1) is 0 Å². The normalized spacial score (nSPS) is 11.2. The molecule has 0 fully saturated rings. The van der Waals surface area contributed by atoms with Gasteiger partial charge in [0.15, 0.2) is 5.82 Å². The fourth-order valence-corrected chi connectivity index (χ4v) is 1.30. The zero-order chi connectivity index (χ0) is 12.2. The summed E-state index contributed by atoms with van der Waals surface area (Å²) < 4.78 is 4.99. The second kappa shape index (κ2) is 4.98. The van der Waals surface area contributed by atoms with Gasteiger partial charge in [-0.2, -0.15) is 4.98 Å². The van der Waals surface area contributed by atoms with E-state index in [4.69, 9.17) is 15.6 Å². The van der Waals surface area contributed by atoms with E-state index >= 15 is 0 Å². The molecule has 0 aliphatic heterocycles. The largest absolute Gasteiger partial charge is 0.479 e. The van der Waals surface area contributed by atoms with Gasteiger partial charge in [-0.3, -0.25) is 0 Å². The predicted octanol–water partition coefficient (Wildman–Crippen LogP) is 0.640. The topological polar surface area (TPSA) is 93.3 Å². The highest BCUT2D eigenvalue weighted by atomic mass is 16.5. The van der Waals surface area contributed by atoms with Crippen LogP contribution in [0.1, 0.15) is 20.3 Å². The Morgan fingerprint density at radius 2 is 2.19 bits per heavy atom. The van der Waals surface area contributed by atoms with Crippen molar-refractivity contribution in [2.24, 2.45) is 0 Å². The number of hydrogen-bond acceptors (Lipinski definition) is 6. The van der Waals surface area contributed by atoms with Crippen LogP contribution in [0.15, 0.2) is 6.33 Å². The number of nitrogens with zero attached hydrogens (tertiary/aromatic N) is 2. The summed E-state index contributed by atoms with van der Waals surface area (Å²) in [6, 6.07) is 0. The third kappa shape index (κ3) is 2.96. The minimum Gasteiger partial charge on any atom is -0.479 e. The number of nitrogen functional groups attached to an aromatic ring is 1. The van der Waals surface area contributed by atoms with Crippen LogP contribution in [0.3, 0.4) is 0 Å². The molecule has 0 bridgehead atoms. The average molecular weight is 226 g/mol. The zero-order valence-electron chi connectivity index (χ0n) is 9.82. The molecule has 0 spiro atoms. The minimum absolute atomic E-state index is 0.0993. The molecule has 0 aromatic carbocycles. The Labute approximate surface area is 94.9 Å². The lowest BCUT2D eigenvalue weighted by molar-refractivity contribution is 0.260. The van der Waals surface area contributed by atoms with Gasteiger partial charge in [0.25, 0.3) is 0 Å². The molecule has 6 nitrogen and oxygen atoms in total. The second-order valence-electron chi connectivity index (χ2n) is 4.13. The molecule has 0 aliphatic rings. The molecule has 1 aromatic heterocycles. The zero-order valence-corrected chi connectivity index (χ0v) is 9.82. The Hall–Kier alpha value is -1.56. The van der Waals surface area contributed by atoms with E-state index in [1.807, 2.05) is 13.8 Å². The summed E-state index contributed by atoms with van der Waals surface area (Å²) in [6.45, 7) is 4.01. The summed E-state index contributed by atoms with van der Waals surface area (Å²) in [5.41, 5.74) is 5.90. The lowest BCUT2D eigenvalue weighted by atomic mass is 10.0. The molecule has 0 saturated heterocycles. The maximum atomic E-state index is 8.92. The second-order valence-corrected chi connectivity index (χ2v) is 4.13. The van der Waals surface area contributed by atoms with Crippen LogP contribution in [0, 0.1) is 0 Å². The van der Waals surface area contributed by atoms with Crippen LogP contribution in [-0.2, 0) is 0 Å². The molecule has 90 valence electrons. The maximum absolute atomic E-state index is 8.92. The SMILES string of the molecule is COc1ncnc(NC(C)(C)CCO)c1N. The lowest BCUT2D eigenvalue weighted by Crippen LogP contribution is -2.32. The van der Waals surface area contributed by atoms with Crippen LogP contribution >= 0.6 is 0 Å². The van der Waals surface area contributed by atoms with Gasteiger partial charge in [-0.25, -0.2) is 4.98 Å². The van der Waals surface area contributed by atoms with E-state index in [0.717, 1.165) is 0 Å². The number of rotatable bonds is 5. The average Bonchev–Trinajstić information content (AvgIpc) is 2.21. The number of nitrogens with two attached hydrogens (primary N) is 1. The highest BCUT2D eigenvalue weighted by Crippen LogP contribution is 2.27. The van der Waals surface area contributed by atoms with Gasteiger partial charge in [0.05, 0.1) is 7.11 Å². The number of aliphatic hydroxyl groups is 1. The van der Waals surface area contributed by atoms with Gasteiger partial charge in [0.2, 0.25) is 5.88 Å². The Balaban J connectivity index is 2.89. The Morgan fingerprint density at radius 3 is 2.75 bits per heavy atom. The van der Waals surface area contributed by atoms with E-state index in [0.29, 0.717) is 23.8 Å². The first-order valence-electron chi connectivity index (χ1n) is 5.03. The molecule has 1 rings (SSSR count). The number of ether oxygens (including phenoxy) is 1. The molecule has 0 aliphatic carbocycles. The van der Waals surface area contributed by atoms with Crippen molar-refractivity contribution in [3.05, 3.63) is 6.33 Å². The maximum Gasteiger partial charge on any atom is 0.242 e. The first-order chi connectivity index (χ1) is 7.50. The molecule has 1 heterocycles. The first-order valence-corrected chi connectivity index (χ1v) is 5.03. The van der Waals surface area contributed by atoms with Gasteiger partial charge in [0.1, 0.15) is 12.0 Å². The molecule has 4 N–H and O–H groups in total. The molecule has 0 radical (unpaired) electrons. The van der Waals surface area contributed by atoms with Crippen LogP contribution in [-0.4, -0.2) is 34.3 Å². The molecule has 0 saturated carbocycles. The number of hydrogen-bond donors (Lipinski definition) is 3. The van der Waals surface area contributed by atoms with Crippen LogP contribution in [0.2, 0.25) is 0 Å². The van der Waals surface area contributed by atoms with Crippen LogP contribution in [0.25, 0.3) is 0 Å². The number of anilines is 2. The summed E-state index contributed by atoms with van der Waals surface area (Å²) >= 11 is 0.